The van der Waals surface area contributed by atoms with Crippen molar-refractivity contribution in [1.82, 2.24) is 0 Å². The average molecular weight is 280 g/mol. The number of benzene rings is 1. The summed E-state index contributed by atoms with van der Waals surface area (Å²) in [5, 5.41) is 2.68. The van der Waals surface area contributed by atoms with Crippen molar-refractivity contribution in [3.8, 4) is 0 Å². The molecule has 0 saturated carbocycles. The van der Waals surface area contributed by atoms with Gasteiger partial charge in [0.15, 0.2) is 0 Å². The van der Waals surface area contributed by atoms with Crippen LogP contribution < -0.4 is 5.32 Å². The minimum absolute atomic E-state index is 0.0115. The summed E-state index contributed by atoms with van der Waals surface area (Å²) < 4.78 is 43.3. The monoisotopic (exact) mass is 279 g/mol. The number of nitrogens with one attached hydrogen (secondary N) is 1. The lowest BCUT2D eigenvalue weighted by atomic mass is 10.2. The summed E-state index contributed by atoms with van der Waals surface area (Å²) in [6.07, 6.45) is -1.60. The number of carbonyl (C=O) groups is 1. The molecular weight excluding hydrogens is 271 g/mol. The van der Waals surface area contributed by atoms with E-state index in [1.165, 1.54) is 12.1 Å². The fourth-order valence-electron chi connectivity index (χ4n) is 1.60. The quantitative estimate of drug-likeness (QED) is 0.865. The summed E-state index contributed by atoms with van der Waals surface area (Å²) in [6.45, 7) is -0.0115. The molecule has 1 heterocycles. The minimum Gasteiger partial charge on any atom is -0.456 e. The van der Waals surface area contributed by atoms with Gasteiger partial charge in [-0.3, -0.25) is 0 Å². The molecule has 1 saturated heterocycles. The Bertz CT molecular complexity index is 481. The van der Waals surface area contributed by atoms with Gasteiger partial charge >= 0.3 is 11.9 Å². The molecule has 0 radical (unpaired) electrons. The molecule has 1 aromatic carbocycles. The highest BCUT2D eigenvalue weighted by Gasteiger charge is 2.50. The lowest BCUT2D eigenvalue weighted by Crippen LogP contribution is -2.22. The van der Waals surface area contributed by atoms with Crippen LogP contribution in [0.1, 0.15) is 6.42 Å². The summed E-state index contributed by atoms with van der Waals surface area (Å²) in [5.41, 5.74) is 0.378. The molecule has 1 fully saturated rings. The zero-order chi connectivity index (χ0) is 13.3. The number of alkyl halides is 2. The number of hydrogen-bond donors (Lipinski definition) is 1. The topological polar surface area (TPSA) is 38.3 Å². The molecule has 2 rings (SSSR count). The maximum absolute atomic E-state index is 13.1. The van der Waals surface area contributed by atoms with Crippen molar-refractivity contribution in [3.05, 3.63) is 29.0 Å². The van der Waals surface area contributed by atoms with Crippen molar-refractivity contribution >= 4 is 23.3 Å². The molecule has 0 aliphatic carbocycles. The van der Waals surface area contributed by atoms with Gasteiger partial charge in [-0.25, -0.2) is 9.18 Å². The van der Waals surface area contributed by atoms with Gasteiger partial charge in [0.2, 0.25) is 0 Å². The third-order valence-electron chi connectivity index (χ3n) is 2.51. The summed E-state index contributed by atoms with van der Waals surface area (Å²) in [6, 6.07) is 3.98. The van der Waals surface area contributed by atoms with Gasteiger partial charge in [0.1, 0.15) is 11.9 Å². The lowest BCUT2D eigenvalue weighted by molar-refractivity contribution is -0.158. The first-order chi connectivity index (χ1) is 8.38. The van der Waals surface area contributed by atoms with Crippen molar-refractivity contribution in [2.45, 2.75) is 18.4 Å². The highest BCUT2D eigenvalue weighted by Crippen LogP contribution is 2.31. The van der Waals surface area contributed by atoms with Gasteiger partial charge in [-0.05, 0) is 18.2 Å². The number of esters is 1. The Kier molecular flexibility index (Phi) is 3.38. The number of hydrogen-bond acceptors (Lipinski definition) is 3. The molecule has 7 heteroatoms. The van der Waals surface area contributed by atoms with Crippen LogP contribution in [0, 0.1) is 5.82 Å². The third kappa shape index (κ3) is 2.69. The molecule has 1 N–H and O–H groups in total. The first-order valence-electron chi connectivity index (χ1n) is 5.16. The number of cyclic esters (lactones) is 1. The van der Waals surface area contributed by atoms with E-state index in [0.717, 1.165) is 6.07 Å². The molecule has 3 nitrogen and oxygen atoms in total. The highest BCUT2D eigenvalue weighted by molar-refractivity contribution is 6.30. The normalized spacial score (nSPS) is 21.8. The number of carbonyl (C=O) groups excluding carboxylic acids is 1. The number of anilines is 1. The van der Waals surface area contributed by atoms with Crippen LogP contribution in [0.15, 0.2) is 18.2 Å². The van der Waals surface area contributed by atoms with Crippen LogP contribution in [0.3, 0.4) is 0 Å². The summed E-state index contributed by atoms with van der Waals surface area (Å²) in [7, 11) is 0. The van der Waals surface area contributed by atoms with Crippen LogP contribution in [-0.2, 0) is 9.53 Å². The van der Waals surface area contributed by atoms with Crippen molar-refractivity contribution in [3.63, 3.8) is 0 Å². The predicted octanol–water partition coefficient (Wildman–Crippen LogP) is 2.84. The molecular formula is C11H9ClF3NO2. The lowest BCUT2D eigenvalue weighted by Gasteiger charge is -2.11. The van der Waals surface area contributed by atoms with E-state index in [-0.39, 0.29) is 11.6 Å². The second-order valence-corrected chi connectivity index (χ2v) is 4.35. The van der Waals surface area contributed by atoms with Crippen LogP contribution in [0.25, 0.3) is 0 Å². The Labute approximate surface area is 106 Å². The maximum Gasteiger partial charge on any atom is 0.377 e. The van der Waals surface area contributed by atoms with E-state index in [0.29, 0.717) is 5.69 Å². The number of rotatable bonds is 3. The molecule has 1 aliphatic heterocycles. The molecule has 0 bridgehead atoms. The Hall–Kier alpha value is -1.43. The van der Waals surface area contributed by atoms with E-state index < -0.39 is 30.2 Å². The van der Waals surface area contributed by atoms with Gasteiger partial charge in [0, 0.05) is 5.69 Å². The van der Waals surface area contributed by atoms with Crippen LogP contribution >= 0.6 is 11.6 Å². The van der Waals surface area contributed by atoms with Gasteiger partial charge in [-0.2, -0.15) is 8.78 Å². The molecule has 0 amide bonds. The van der Waals surface area contributed by atoms with Crippen LogP contribution in [-0.4, -0.2) is 24.5 Å². The van der Waals surface area contributed by atoms with Crippen molar-refractivity contribution in [2.75, 3.05) is 11.9 Å². The van der Waals surface area contributed by atoms with Gasteiger partial charge in [-0.1, -0.05) is 11.6 Å². The predicted molar refractivity (Wildman–Crippen MR) is 59.3 cm³/mol. The van der Waals surface area contributed by atoms with Gasteiger partial charge < -0.3 is 10.1 Å². The molecule has 1 atom stereocenters. The summed E-state index contributed by atoms with van der Waals surface area (Å²) in [5.74, 6) is -5.57. The fourth-order valence-corrected chi connectivity index (χ4v) is 1.72. The van der Waals surface area contributed by atoms with Crippen LogP contribution in [0.2, 0.25) is 5.02 Å². The molecule has 0 spiro atoms. The van der Waals surface area contributed by atoms with E-state index in [1.54, 1.807) is 0 Å². The van der Waals surface area contributed by atoms with Crippen molar-refractivity contribution < 1.29 is 22.7 Å². The van der Waals surface area contributed by atoms with Crippen molar-refractivity contribution in [2.24, 2.45) is 0 Å². The fraction of sp³-hybridized carbons (Fsp3) is 0.364. The van der Waals surface area contributed by atoms with E-state index >= 15 is 0 Å². The van der Waals surface area contributed by atoms with Crippen LogP contribution in [0.5, 0.6) is 0 Å². The SMILES string of the molecule is O=C1OC(CNc2ccc(Cl)c(F)c2)CC1(F)F. The first kappa shape index (κ1) is 13.0. The molecule has 18 heavy (non-hydrogen) atoms. The van der Waals surface area contributed by atoms with E-state index in [9.17, 15) is 18.0 Å². The summed E-state index contributed by atoms with van der Waals surface area (Å²) in [4.78, 5) is 10.7. The zero-order valence-corrected chi connectivity index (χ0v) is 9.81. The molecule has 98 valence electrons. The molecule has 1 aliphatic rings. The van der Waals surface area contributed by atoms with E-state index in [4.69, 9.17) is 11.6 Å². The maximum atomic E-state index is 13.1. The molecule has 1 aromatic rings. The second kappa shape index (κ2) is 4.68. The Morgan fingerprint density at radius 1 is 1.50 bits per heavy atom. The van der Waals surface area contributed by atoms with Gasteiger partial charge in [-0.15, -0.1) is 0 Å². The van der Waals surface area contributed by atoms with Crippen LogP contribution in [0.4, 0.5) is 18.9 Å². The minimum atomic E-state index is -3.43. The first-order valence-corrected chi connectivity index (χ1v) is 5.54. The third-order valence-corrected chi connectivity index (χ3v) is 2.82. The average Bonchev–Trinajstić information content (AvgIpc) is 2.55. The largest absolute Gasteiger partial charge is 0.456 e. The Balaban J connectivity index is 1.93. The van der Waals surface area contributed by atoms with Gasteiger partial charge in [0.25, 0.3) is 0 Å². The standard InChI is InChI=1S/C11H9ClF3NO2/c12-8-2-1-6(3-9(8)13)16-5-7-4-11(14,15)10(17)18-7/h1-3,7,16H,4-5H2. The number of halogens is 4. The highest BCUT2D eigenvalue weighted by atomic mass is 35.5. The molecule has 1 unspecified atom stereocenters. The zero-order valence-electron chi connectivity index (χ0n) is 9.05. The Morgan fingerprint density at radius 3 is 2.78 bits per heavy atom. The van der Waals surface area contributed by atoms with Crippen molar-refractivity contribution in [1.29, 1.82) is 0 Å². The Morgan fingerprint density at radius 2 is 2.22 bits per heavy atom. The second-order valence-electron chi connectivity index (χ2n) is 3.95. The summed E-state index contributed by atoms with van der Waals surface area (Å²) >= 11 is 5.49. The molecule has 0 aromatic heterocycles. The number of ether oxygens (including phenoxy) is 1. The van der Waals surface area contributed by atoms with E-state index in [1.807, 2.05) is 0 Å². The van der Waals surface area contributed by atoms with Gasteiger partial charge in [0.05, 0.1) is 18.0 Å². The van der Waals surface area contributed by atoms with E-state index in [2.05, 4.69) is 10.1 Å². The smallest absolute Gasteiger partial charge is 0.377 e.